The first kappa shape index (κ1) is 12.7. The molecule has 0 unspecified atom stereocenters. The van der Waals surface area contributed by atoms with E-state index in [0.717, 1.165) is 17.7 Å². The van der Waals surface area contributed by atoms with Gasteiger partial charge in [0.15, 0.2) is 0 Å². The zero-order valence-electron chi connectivity index (χ0n) is 8.91. The van der Waals surface area contributed by atoms with Crippen LogP contribution in [0.3, 0.4) is 0 Å². The summed E-state index contributed by atoms with van der Waals surface area (Å²) in [5.74, 6) is 0.542. The van der Waals surface area contributed by atoms with Gasteiger partial charge in [-0.2, -0.15) is 0 Å². The normalized spacial score (nSPS) is 10.8. The maximum atomic E-state index is 6.08. The summed E-state index contributed by atoms with van der Waals surface area (Å²) in [6.07, 6.45) is 2.59. The van der Waals surface area contributed by atoms with Gasteiger partial charge in [0, 0.05) is 28.5 Å². The van der Waals surface area contributed by atoms with Crippen LogP contribution in [-0.4, -0.2) is 20.9 Å². The molecule has 1 heterocycles. The van der Waals surface area contributed by atoms with Gasteiger partial charge in [0.05, 0.1) is 12.2 Å². The van der Waals surface area contributed by atoms with Crippen LogP contribution in [0.1, 0.15) is 11.3 Å². The zero-order chi connectivity index (χ0) is 12.3. The first-order chi connectivity index (χ1) is 8.19. The fraction of sp³-hybridized carbons (Fsp3) is 0.273. The first-order valence-electron chi connectivity index (χ1n) is 5.08. The van der Waals surface area contributed by atoms with E-state index >= 15 is 0 Å². The van der Waals surface area contributed by atoms with Crippen LogP contribution in [0.25, 0.3) is 0 Å². The summed E-state index contributed by atoms with van der Waals surface area (Å²) in [6.45, 7) is 0.575. The van der Waals surface area contributed by atoms with Crippen LogP contribution in [0, 0.1) is 0 Å². The van der Waals surface area contributed by atoms with Crippen LogP contribution < -0.4 is 0 Å². The number of rotatable bonds is 4. The average molecular weight is 291 g/mol. The lowest BCUT2D eigenvalue weighted by Crippen LogP contribution is -2.01. The maximum absolute atomic E-state index is 6.08. The largest absolute Gasteiger partial charge is 0.248 e. The molecule has 0 saturated carbocycles. The smallest absolute Gasteiger partial charge is 0.0839 e. The summed E-state index contributed by atoms with van der Waals surface area (Å²) >= 11 is 17.5. The number of nitrogens with zero attached hydrogens (tertiary/aromatic N) is 3. The monoisotopic (exact) mass is 289 g/mol. The highest BCUT2D eigenvalue weighted by molar-refractivity contribution is 6.35. The third kappa shape index (κ3) is 3.35. The molecular formula is C11H10Cl3N3. The SMILES string of the molecule is ClCCc1cn(Cc2ccc(Cl)cc2Cl)nn1. The molecule has 3 nitrogen and oxygen atoms in total. The van der Waals surface area contributed by atoms with Crippen LogP contribution >= 0.6 is 34.8 Å². The van der Waals surface area contributed by atoms with E-state index in [-0.39, 0.29) is 0 Å². The Bertz CT molecular complexity index is 510. The van der Waals surface area contributed by atoms with E-state index in [1.165, 1.54) is 0 Å². The van der Waals surface area contributed by atoms with E-state index < -0.39 is 0 Å². The minimum Gasteiger partial charge on any atom is -0.248 e. The van der Waals surface area contributed by atoms with E-state index in [0.29, 0.717) is 22.5 Å². The zero-order valence-corrected chi connectivity index (χ0v) is 11.2. The maximum Gasteiger partial charge on any atom is 0.0839 e. The molecule has 0 fully saturated rings. The molecule has 1 aromatic heterocycles. The van der Waals surface area contributed by atoms with Crippen molar-refractivity contribution in [2.24, 2.45) is 0 Å². The molecule has 90 valence electrons. The predicted octanol–water partition coefficient (Wildman–Crippen LogP) is 3.41. The Kier molecular flexibility index (Phi) is 4.26. The quantitative estimate of drug-likeness (QED) is 0.808. The lowest BCUT2D eigenvalue weighted by molar-refractivity contribution is 0.649. The summed E-state index contributed by atoms with van der Waals surface area (Å²) < 4.78 is 1.73. The van der Waals surface area contributed by atoms with Gasteiger partial charge < -0.3 is 0 Å². The van der Waals surface area contributed by atoms with Gasteiger partial charge in [0.1, 0.15) is 0 Å². The number of alkyl halides is 1. The van der Waals surface area contributed by atoms with Crippen molar-refractivity contribution >= 4 is 34.8 Å². The third-order valence-electron chi connectivity index (χ3n) is 2.28. The predicted molar refractivity (Wildman–Crippen MR) is 70.0 cm³/mol. The number of aromatic nitrogens is 3. The Morgan fingerprint density at radius 1 is 1.24 bits per heavy atom. The molecule has 0 aliphatic carbocycles. The van der Waals surface area contributed by atoms with Crippen molar-refractivity contribution < 1.29 is 0 Å². The van der Waals surface area contributed by atoms with Crippen molar-refractivity contribution in [3.8, 4) is 0 Å². The van der Waals surface area contributed by atoms with E-state index in [4.69, 9.17) is 34.8 Å². The Labute approximate surface area is 114 Å². The molecule has 0 saturated heterocycles. The molecule has 2 rings (SSSR count). The van der Waals surface area contributed by atoms with Crippen molar-refractivity contribution in [1.82, 2.24) is 15.0 Å². The Morgan fingerprint density at radius 2 is 2.06 bits per heavy atom. The molecule has 0 aliphatic heterocycles. The van der Waals surface area contributed by atoms with Crippen LogP contribution in [-0.2, 0) is 13.0 Å². The van der Waals surface area contributed by atoms with Gasteiger partial charge in [-0.25, -0.2) is 4.68 Å². The van der Waals surface area contributed by atoms with Crippen molar-refractivity contribution in [1.29, 1.82) is 0 Å². The molecule has 0 N–H and O–H groups in total. The molecule has 0 radical (unpaired) electrons. The second-order valence-electron chi connectivity index (χ2n) is 3.58. The van der Waals surface area contributed by atoms with Gasteiger partial charge in [-0.05, 0) is 17.7 Å². The van der Waals surface area contributed by atoms with E-state index in [1.807, 2.05) is 12.3 Å². The molecular weight excluding hydrogens is 281 g/mol. The summed E-state index contributed by atoms with van der Waals surface area (Å²) in [7, 11) is 0. The lowest BCUT2D eigenvalue weighted by atomic mass is 10.2. The Morgan fingerprint density at radius 3 is 2.76 bits per heavy atom. The minimum absolute atomic E-state index is 0.542. The standard InChI is InChI=1S/C11H10Cl3N3/c12-4-3-10-7-17(16-15-10)6-8-1-2-9(13)5-11(8)14/h1-2,5,7H,3-4,6H2. The van der Waals surface area contributed by atoms with Gasteiger partial charge in [-0.3, -0.25) is 0 Å². The average Bonchev–Trinajstić information content (AvgIpc) is 2.71. The minimum atomic E-state index is 0.542. The molecule has 17 heavy (non-hydrogen) atoms. The number of benzene rings is 1. The molecule has 6 heteroatoms. The van der Waals surface area contributed by atoms with Gasteiger partial charge in [0.2, 0.25) is 0 Å². The van der Waals surface area contributed by atoms with Gasteiger partial charge >= 0.3 is 0 Å². The molecule has 0 amide bonds. The van der Waals surface area contributed by atoms with Crippen molar-refractivity contribution in [3.05, 3.63) is 45.7 Å². The molecule has 0 bridgehead atoms. The van der Waals surface area contributed by atoms with E-state index in [2.05, 4.69) is 10.3 Å². The van der Waals surface area contributed by atoms with Crippen LogP contribution in [0.15, 0.2) is 24.4 Å². The van der Waals surface area contributed by atoms with E-state index in [1.54, 1.807) is 16.8 Å². The summed E-state index contributed by atoms with van der Waals surface area (Å²) in [5.41, 5.74) is 1.84. The van der Waals surface area contributed by atoms with Gasteiger partial charge in [0.25, 0.3) is 0 Å². The van der Waals surface area contributed by atoms with Crippen LogP contribution in [0.5, 0.6) is 0 Å². The van der Waals surface area contributed by atoms with Crippen molar-refractivity contribution in [2.75, 3.05) is 5.88 Å². The van der Waals surface area contributed by atoms with Crippen LogP contribution in [0.2, 0.25) is 10.0 Å². The lowest BCUT2D eigenvalue weighted by Gasteiger charge is -2.03. The Hall–Kier alpha value is -0.770. The van der Waals surface area contributed by atoms with Crippen LogP contribution in [0.4, 0.5) is 0 Å². The summed E-state index contributed by atoms with van der Waals surface area (Å²) in [5, 5.41) is 9.28. The van der Waals surface area contributed by atoms with Gasteiger partial charge in [-0.1, -0.05) is 34.5 Å². The number of hydrogen-bond donors (Lipinski definition) is 0. The molecule has 0 aliphatic rings. The fourth-order valence-corrected chi connectivity index (χ4v) is 2.11. The van der Waals surface area contributed by atoms with Crippen molar-refractivity contribution in [3.63, 3.8) is 0 Å². The van der Waals surface area contributed by atoms with Crippen molar-refractivity contribution in [2.45, 2.75) is 13.0 Å². The topological polar surface area (TPSA) is 30.7 Å². The Balaban J connectivity index is 2.13. The highest BCUT2D eigenvalue weighted by Gasteiger charge is 2.05. The summed E-state index contributed by atoms with van der Waals surface area (Å²) in [6, 6.07) is 5.40. The highest BCUT2D eigenvalue weighted by Crippen LogP contribution is 2.21. The second kappa shape index (κ2) is 5.71. The van der Waals surface area contributed by atoms with E-state index in [9.17, 15) is 0 Å². The molecule has 2 aromatic rings. The highest BCUT2D eigenvalue weighted by atomic mass is 35.5. The number of halogens is 3. The van der Waals surface area contributed by atoms with Gasteiger partial charge in [-0.15, -0.1) is 16.7 Å². The summed E-state index contributed by atoms with van der Waals surface area (Å²) in [4.78, 5) is 0. The molecule has 0 atom stereocenters. The second-order valence-corrected chi connectivity index (χ2v) is 4.80. The molecule has 0 spiro atoms. The first-order valence-corrected chi connectivity index (χ1v) is 6.37. The number of aryl methyl sites for hydroxylation is 1. The molecule has 1 aromatic carbocycles. The fourth-order valence-electron chi connectivity index (χ4n) is 1.45. The third-order valence-corrected chi connectivity index (χ3v) is 3.06. The number of hydrogen-bond acceptors (Lipinski definition) is 2.